The van der Waals surface area contributed by atoms with Crippen LogP contribution in [-0.4, -0.2) is 23.9 Å². The molecule has 0 spiro atoms. The summed E-state index contributed by atoms with van der Waals surface area (Å²) in [5, 5.41) is 0. The van der Waals surface area contributed by atoms with Gasteiger partial charge < -0.3 is 9.47 Å². The molecule has 3 rings (SSSR count). The van der Waals surface area contributed by atoms with Crippen LogP contribution in [0.25, 0.3) is 6.08 Å². The molecule has 27 heavy (non-hydrogen) atoms. The molecule has 0 saturated carbocycles. The van der Waals surface area contributed by atoms with Crippen molar-refractivity contribution < 1.29 is 14.3 Å². The van der Waals surface area contributed by atoms with Gasteiger partial charge in [-0.2, -0.15) is 0 Å². The second-order valence-electron chi connectivity index (χ2n) is 6.15. The lowest BCUT2D eigenvalue weighted by Gasteiger charge is -2.17. The lowest BCUT2D eigenvalue weighted by molar-refractivity contribution is -0.113. The molecule has 0 atom stereocenters. The van der Waals surface area contributed by atoms with Gasteiger partial charge in [-0.25, -0.2) is 0 Å². The van der Waals surface area contributed by atoms with E-state index in [1.54, 1.807) is 12.0 Å². The normalized spacial score (nSPS) is 15.6. The number of thioether (sulfide) groups is 1. The summed E-state index contributed by atoms with van der Waals surface area (Å²) in [6, 6.07) is 11.6. The number of nitrogens with zero attached hydrogens (tertiary/aromatic N) is 1. The van der Waals surface area contributed by atoms with Gasteiger partial charge in [0.25, 0.3) is 5.91 Å². The van der Waals surface area contributed by atoms with Crippen molar-refractivity contribution in [2.75, 3.05) is 18.6 Å². The molecule has 2 aromatic carbocycles. The third-order valence-corrected chi connectivity index (χ3v) is 5.49. The standard InChI is InChI=1S/C21H21NO3S2/c1-5-25-17-9-8-15(11-18(17)24-4)12-19-20(23)22(21(26)27-19)16-10-13(2)6-7-14(16)3/h6-12H,5H2,1-4H3/b19-12-. The summed E-state index contributed by atoms with van der Waals surface area (Å²) in [5.41, 5.74) is 3.80. The number of carbonyl (C=O) groups is 1. The van der Waals surface area contributed by atoms with E-state index < -0.39 is 0 Å². The SMILES string of the molecule is CCOc1ccc(/C=C2\SC(=S)N(c3cc(C)ccc3C)C2=O)cc1OC. The van der Waals surface area contributed by atoms with E-state index >= 15 is 0 Å². The van der Waals surface area contributed by atoms with Crippen LogP contribution >= 0.6 is 24.0 Å². The van der Waals surface area contributed by atoms with Gasteiger partial charge in [0.1, 0.15) is 0 Å². The number of aryl methyl sites for hydroxylation is 2. The molecule has 1 aliphatic heterocycles. The van der Waals surface area contributed by atoms with E-state index in [0.717, 1.165) is 22.4 Å². The van der Waals surface area contributed by atoms with E-state index in [1.807, 2.05) is 63.2 Å². The Morgan fingerprint density at radius 3 is 2.63 bits per heavy atom. The van der Waals surface area contributed by atoms with Crippen molar-refractivity contribution in [3.8, 4) is 11.5 Å². The molecule has 0 bridgehead atoms. The highest BCUT2D eigenvalue weighted by Crippen LogP contribution is 2.38. The zero-order valence-electron chi connectivity index (χ0n) is 15.7. The van der Waals surface area contributed by atoms with E-state index in [-0.39, 0.29) is 5.91 Å². The molecule has 140 valence electrons. The molecule has 6 heteroatoms. The quantitative estimate of drug-likeness (QED) is 0.516. The van der Waals surface area contributed by atoms with Crippen molar-refractivity contribution in [3.05, 3.63) is 58.0 Å². The summed E-state index contributed by atoms with van der Waals surface area (Å²) in [7, 11) is 1.60. The Hall–Kier alpha value is -2.31. The zero-order chi connectivity index (χ0) is 19.6. The van der Waals surface area contributed by atoms with Gasteiger partial charge in [0.2, 0.25) is 0 Å². The molecule has 1 saturated heterocycles. The van der Waals surface area contributed by atoms with Crippen molar-refractivity contribution in [3.63, 3.8) is 0 Å². The van der Waals surface area contributed by atoms with Crippen LogP contribution in [0.15, 0.2) is 41.3 Å². The van der Waals surface area contributed by atoms with E-state index in [1.165, 1.54) is 11.8 Å². The molecular formula is C21H21NO3S2. The van der Waals surface area contributed by atoms with Crippen molar-refractivity contribution in [2.24, 2.45) is 0 Å². The molecule has 0 aliphatic carbocycles. The fourth-order valence-corrected chi connectivity index (χ4v) is 4.12. The van der Waals surface area contributed by atoms with Crippen LogP contribution in [0.2, 0.25) is 0 Å². The number of amides is 1. The van der Waals surface area contributed by atoms with E-state index in [4.69, 9.17) is 21.7 Å². The van der Waals surface area contributed by atoms with Crippen LogP contribution in [0.3, 0.4) is 0 Å². The first-order valence-electron chi connectivity index (χ1n) is 8.60. The summed E-state index contributed by atoms with van der Waals surface area (Å²) < 4.78 is 11.5. The maximum absolute atomic E-state index is 13.0. The fraction of sp³-hybridized carbons (Fsp3) is 0.238. The number of hydrogen-bond donors (Lipinski definition) is 0. The first-order chi connectivity index (χ1) is 12.9. The predicted molar refractivity (Wildman–Crippen MR) is 116 cm³/mol. The average Bonchev–Trinajstić information content (AvgIpc) is 2.92. The van der Waals surface area contributed by atoms with Gasteiger partial charge in [0.15, 0.2) is 15.8 Å². The summed E-state index contributed by atoms with van der Waals surface area (Å²) in [4.78, 5) is 15.2. The minimum absolute atomic E-state index is 0.105. The number of thiocarbonyl (C=S) groups is 1. The van der Waals surface area contributed by atoms with Crippen molar-refractivity contribution >= 4 is 46.0 Å². The number of ether oxygens (including phenoxy) is 2. The number of hydrogen-bond acceptors (Lipinski definition) is 5. The number of anilines is 1. The molecule has 0 unspecified atom stereocenters. The number of methoxy groups -OCH3 is 1. The molecule has 0 radical (unpaired) electrons. The zero-order valence-corrected chi connectivity index (χ0v) is 17.4. The highest BCUT2D eigenvalue weighted by atomic mass is 32.2. The van der Waals surface area contributed by atoms with Crippen molar-refractivity contribution in [1.29, 1.82) is 0 Å². The third-order valence-electron chi connectivity index (χ3n) is 4.18. The van der Waals surface area contributed by atoms with E-state index in [9.17, 15) is 4.79 Å². The van der Waals surface area contributed by atoms with Gasteiger partial charge in [-0.15, -0.1) is 0 Å². The van der Waals surface area contributed by atoms with Gasteiger partial charge in [0.05, 0.1) is 24.3 Å². The Bertz CT molecular complexity index is 937. The highest BCUT2D eigenvalue weighted by Gasteiger charge is 2.34. The maximum Gasteiger partial charge on any atom is 0.270 e. The summed E-state index contributed by atoms with van der Waals surface area (Å²) in [6.45, 7) is 6.47. The van der Waals surface area contributed by atoms with Gasteiger partial charge in [0, 0.05) is 0 Å². The topological polar surface area (TPSA) is 38.8 Å². The van der Waals surface area contributed by atoms with Crippen LogP contribution in [0, 0.1) is 13.8 Å². The fourth-order valence-electron chi connectivity index (χ4n) is 2.84. The molecule has 1 fully saturated rings. The van der Waals surface area contributed by atoms with Gasteiger partial charge in [-0.1, -0.05) is 42.2 Å². The Balaban J connectivity index is 1.94. The summed E-state index contributed by atoms with van der Waals surface area (Å²) >= 11 is 6.79. The molecule has 1 aliphatic rings. The highest BCUT2D eigenvalue weighted by molar-refractivity contribution is 8.27. The lowest BCUT2D eigenvalue weighted by Crippen LogP contribution is -2.28. The van der Waals surface area contributed by atoms with Crippen LogP contribution in [0.5, 0.6) is 11.5 Å². The summed E-state index contributed by atoms with van der Waals surface area (Å²) in [6.07, 6.45) is 1.84. The van der Waals surface area contributed by atoms with E-state index in [2.05, 4.69) is 0 Å². The third kappa shape index (κ3) is 4.01. The van der Waals surface area contributed by atoms with E-state index in [0.29, 0.717) is 27.3 Å². The second-order valence-corrected chi connectivity index (χ2v) is 7.83. The number of rotatable bonds is 5. The monoisotopic (exact) mass is 399 g/mol. The largest absolute Gasteiger partial charge is 0.493 e. The molecule has 1 amide bonds. The summed E-state index contributed by atoms with van der Waals surface area (Å²) in [5.74, 6) is 1.21. The second kappa shape index (κ2) is 8.15. The molecular weight excluding hydrogens is 378 g/mol. The first kappa shape index (κ1) is 19.5. The molecule has 1 heterocycles. The number of benzene rings is 2. The minimum Gasteiger partial charge on any atom is -0.493 e. The van der Waals surface area contributed by atoms with Gasteiger partial charge >= 0.3 is 0 Å². The lowest BCUT2D eigenvalue weighted by atomic mass is 10.1. The Kier molecular flexibility index (Phi) is 5.87. The Morgan fingerprint density at radius 2 is 1.93 bits per heavy atom. The number of carbonyl (C=O) groups excluding carboxylic acids is 1. The first-order valence-corrected chi connectivity index (χ1v) is 9.83. The van der Waals surface area contributed by atoms with Crippen LogP contribution < -0.4 is 14.4 Å². The van der Waals surface area contributed by atoms with Crippen molar-refractivity contribution in [2.45, 2.75) is 20.8 Å². The van der Waals surface area contributed by atoms with Crippen molar-refractivity contribution in [1.82, 2.24) is 0 Å². The van der Waals surface area contributed by atoms with Crippen LogP contribution in [0.4, 0.5) is 5.69 Å². The maximum atomic E-state index is 13.0. The van der Waals surface area contributed by atoms with Crippen LogP contribution in [0.1, 0.15) is 23.6 Å². The molecule has 2 aromatic rings. The van der Waals surface area contributed by atoms with Gasteiger partial charge in [-0.3, -0.25) is 9.69 Å². The Labute approximate surface area is 169 Å². The van der Waals surface area contributed by atoms with Gasteiger partial charge in [-0.05, 0) is 61.7 Å². The minimum atomic E-state index is -0.105. The molecule has 0 aromatic heterocycles. The predicted octanol–water partition coefficient (Wildman–Crippen LogP) is 5.12. The molecule has 4 nitrogen and oxygen atoms in total. The average molecular weight is 400 g/mol. The Morgan fingerprint density at radius 1 is 1.15 bits per heavy atom. The van der Waals surface area contributed by atoms with Crippen LogP contribution in [-0.2, 0) is 4.79 Å². The molecule has 0 N–H and O–H groups in total. The smallest absolute Gasteiger partial charge is 0.270 e.